The minimum Gasteiger partial charge on any atom is -0.269 e. The van der Waals surface area contributed by atoms with E-state index in [0.717, 1.165) is 12.1 Å². The minimum absolute atomic E-state index is 0. The van der Waals surface area contributed by atoms with Gasteiger partial charge in [0, 0.05) is 0 Å². The molecule has 0 aliphatic rings. The predicted molar refractivity (Wildman–Crippen MR) is 46.4 cm³/mol. The van der Waals surface area contributed by atoms with Gasteiger partial charge in [0.1, 0.15) is 5.82 Å². The lowest BCUT2D eigenvalue weighted by molar-refractivity contribution is 0.628. The number of rotatable bonds is 0. The smallest absolute Gasteiger partial charge is 0.126 e. The summed E-state index contributed by atoms with van der Waals surface area (Å²) in [5.74, 6) is -0.487. The highest BCUT2D eigenvalue weighted by Crippen LogP contribution is 2.30. The predicted octanol–water partition coefficient (Wildman–Crippen LogP) is 4.09. The molecule has 1 aromatic carbocycles. The van der Waals surface area contributed by atoms with Crippen LogP contribution in [-0.4, -0.2) is 0 Å². The van der Waals surface area contributed by atoms with Crippen LogP contribution in [0.5, 0.6) is 0 Å². The third-order valence-corrected chi connectivity index (χ3v) is 2.15. The van der Waals surface area contributed by atoms with Gasteiger partial charge in [-0.3, -0.25) is 9.41 Å². The standard InChI is InChI=1S/C6H2Cl3F.2FH/c7-4-1-3(10)2-5(8)6(4)9;;/h1-2H;2*1H. The van der Waals surface area contributed by atoms with E-state index in [1.165, 1.54) is 0 Å². The Morgan fingerprint density at radius 3 is 1.58 bits per heavy atom. The van der Waals surface area contributed by atoms with E-state index in [2.05, 4.69) is 0 Å². The Kier molecular flexibility index (Phi) is 6.62. The Hall–Kier alpha value is -0.120. The molecule has 0 heterocycles. The molecule has 6 heteroatoms. The molecule has 70 valence electrons. The molecule has 0 radical (unpaired) electrons. The maximum atomic E-state index is 12.4. The molecular weight excluding hydrogens is 235 g/mol. The van der Waals surface area contributed by atoms with Crippen molar-refractivity contribution in [2.75, 3.05) is 0 Å². The number of hydrogen-bond acceptors (Lipinski definition) is 0. The Bertz CT molecular complexity index is 241. The van der Waals surface area contributed by atoms with Gasteiger partial charge >= 0.3 is 0 Å². The summed E-state index contributed by atoms with van der Waals surface area (Å²) in [6.45, 7) is 0. The van der Waals surface area contributed by atoms with E-state index in [1.807, 2.05) is 0 Å². The molecule has 0 spiro atoms. The molecule has 0 N–H and O–H groups in total. The zero-order valence-corrected chi connectivity index (χ0v) is 7.75. The second kappa shape index (κ2) is 5.51. The number of halogens is 6. The SMILES string of the molecule is F.F.Fc1cc(Cl)c(Cl)c(Cl)c1. The molecule has 0 nitrogen and oxygen atoms in total. The lowest BCUT2D eigenvalue weighted by atomic mass is 10.3. The first-order valence-electron chi connectivity index (χ1n) is 2.41. The molecule has 0 bridgehead atoms. The van der Waals surface area contributed by atoms with E-state index in [1.54, 1.807) is 0 Å². The van der Waals surface area contributed by atoms with Gasteiger partial charge in [0.15, 0.2) is 0 Å². The molecule has 12 heavy (non-hydrogen) atoms. The van der Waals surface area contributed by atoms with E-state index < -0.39 is 5.82 Å². The van der Waals surface area contributed by atoms with Gasteiger partial charge < -0.3 is 0 Å². The third-order valence-electron chi connectivity index (χ3n) is 0.949. The van der Waals surface area contributed by atoms with Gasteiger partial charge in [-0.05, 0) is 12.1 Å². The van der Waals surface area contributed by atoms with Crippen LogP contribution in [0.4, 0.5) is 13.8 Å². The Morgan fingerprint density at radius 2 is 1.25 bits per heavy atom. The van der Waals surface area contributed by atoms with Crippen LogP contribution in [0, 0.1) is 5.82 Å². The molecule has 0 unspecified atom stereocenters. The van der Waals surface area contributed by atoms with Gasteiger partial charge in [-0.15, -0.1) is 0 Å². The maximum Gasteiger partial charge on any atom is 0.126 e. The van der Waals surface area contributed by atoms with Gasteiger partial charge in [-0.1, -0.05) is 34.8 Å². The molecule has 0 atom stereocenters. The van der Waals surface area contributed by atoms with Crippen LogP contribution in [0.3, 0.4) is 0 Å². The monoisotopic (exact) mass is 238 g/mol. The third kappa shape index (κ3) is 3.09. The first-order chi connectivity index (χ1) is 4.61. The van der Waals surface area contributed by atoms with Crippen molar-refractivity contribution in [1.82, 2.24) is 0 Å². The second-order valence-electron chi connectivity index (χ2n) is 1.68. The number of hydrogen-bond donors (Lipinski definition) is 0. The summed E-state index contributed by atoms with van der Waals surface area (Å²) in [7, 11) is 0. The van der Waals surface area contributed by atoms with E-state index in [-0.39, 0.29) is 24.5 Å². The molecule has 0 aliphatic carbocycles. The lowest BCUT2D eigenvalue weighted by Gasteiger charge is -1.96. The average Bonchev–Trinajstić information content (AvgIpc) is 1.82. The van der Waals surface area contributed by atoms with Crippen LogP contribution in [0.25, 0.3) is 0 Å². The van der Waals surface area contributed by atoms with E-state index in [0.29, 0.717) is 0 Å². The first-order valence-corrected chi connectivity index (χ1v) is 3.54. The fourth-order valence-electron chi connectivity index (χ4n) is 0.525. The fourth-order valence-corrected chi connectivity index (χ4v) is 1.09. The van der Waals surface area contributed by atoms with Gasteiger partial charge in [0.2, 0.25) is 0 Å². The van der Waals surface area contributed by atoms with E-state index in [9.17, 15) is 4.39 Å². The Balaban J connectivity index is 0. The summed E-state index contributed by atoms with van der Waals surface area (Å²) in [6, 6.07) is 2.21. The van der Waals surface area contributed by atoms with Gasteiger partial charge in [0.05, 0.1) is 15.1 Å². The molecule has 1 aromatic rings. The van der Waals surface area contributed by atoms with Crippen molar-refractivity contribution in [3.05, 3.63) is 33.0 Å². The highest BCUT2D eigenvalue weighted by Gasteiger charge is 2.04. The Labute approximate surface area is 82.0 Å². The highest BCUT2D eigenvalue weighted by molar-refractivity contribution is 6.47. The van der Waals surface area contributed by atoms with Crippen molar-refractivity contribution < 1.29 is 13.8 Å². The summed E-state index contributed by atoms with van der Waals surface area (Å²) in [5.41, 5.74) is 0. The quantitative estimate of drug-likeness (QED) is 0.472. The largest absolute Gasteiger partial charge is 0.269 e. The van der Waals surface area contributed by atoms with Crippen LogP contribution in [0.2, 0.25) is 15.1 Å². The topological polar surface area (TPSA) is 0 Å². The molecule has 0 saturated heterocycles. The van der Waals surface area contributed by atoms with Crippen LogP contribution >= 0.6 is 34.8 Å². The van der Waals surface area contributed by atoms with Crippen LogP contribution in [0.1, 0.15) is 0 Å². The summed E-state index contributed by atoms with van der Waals surface area (Å²) in [6.07, 6.45) is 0. The normalized spacial score (nSPS) is 8.33. The molecular formula is C6H4Cl3F3. The van der Waals surface area contributed by atoms with Crippen LogP contribution in [0.15, 0.2) is 12.1 Å². The summed E-state index contributed by atoms with van der Waals surface area (Å²) < 4.78 is 12.4. The van der Waals surface area contributed by atoms with Crippen LogP contribution < -0.4 is 0 Å². The molecule has 1 rings (SSSR count). The fraction of sp³-hybridized carbons (Fsp3) is 0. The Morgan fingerprint density at radius 1 is 0.917 bits per heavy atom. The minimum atomic E-state index is -0.487. The zero-order valence-electron chi connectivity index (χ0n) is 5.48. The van der Waals surface area contributed by atoms with Crippen molar-refractivity contribution in [2.24, 2.45) is 0 Å². The van der Waals surface area contributed by atoms with Crippen molar-refractivity contribution in [3.8, 4) is 0 Å². The molecule has 0 saturated carbocycles. The molecule has 0 aliphatic heterocycles. The lowest BCUT2D eigenvalue weighted by Crippen LogP contribution is -1.75. The van der Waals surface area contributed by atoms with Crippen molar-refractivity contribution in [1.29, 1.82) is 0 Å². The maximum absolute atomic E-state index is 12.4. The highest BCUT2D eigenvalue weighted by atomic mass is 35.5. The van der Waals surface area contributed by atoms with Gasteiger partial charge in [0.25, 0.3) is 0 Å². The first kappa shape index (κ1) is 14.4. The summed E-state index contributed by atoms with van der Waals surface area (Å²) in [4.78, 5) is 0. The van der Waals surface area contributed by atoms with Crippen molar-refractivity contribution in [3.63, 3.8) is 0 Å². The second-order valence-corrected chi connectivity index (χ2v) is 2.88. The van der Waals surface area contributed by atoms with E-state index >= 15 is 0 Å². The average molecular weight is 239 g/mol. The van der Waals surface area contributed by atoms with Gasteiger partial charge in [-0.2, -0.15) is 0 Å². The number of benzene rings is 1. The van der Waals surface area contributed by atoms with E-state index in [4.69, 9.17) is 34.8 Å². The van der Waals surface area contributed by atoms with Crippen LogP contribution in [-0.2, 0) is 0 Å². The molecule has 0 fully saturated rings. The van der Waals surface area contributed by atoms with Crippen molar-refractivity contribution in [2.45, 2.75) is 0 Å². The van der Waals surface area contributed by atoms with Crippen molar-refractivity contribution >= 4 is 34.8 Å². The zero-order chi connectivity index (χ0) is 7.72. The molecule has 0 aromatic heterocycles. The molecule has 0 amide bonds. The van der Waals surface area contributed by atoms with Gasteiger partial charge in [-0.25, -0.2) is 4.39 Å². The summed E-state index contributed by atoms with van der Waals surface area (Å²) in [5, 5.41) is 0.447. The summed E-state index contributed by atoms with van der Waals surface area (Å²) >= 11 is 16.4.